The number of halogens is 3. The molecule has 2 aromatic rings. The zero-order valence-electron chi connectivity index (χ0n) is 13.8. The topological polar surface area (TPSA) is 78.1 Å². The lowest BCUT2D eigenvalue weighted by Crippen LogP contribution is -2.28. The van der Waals surface area contributed by atoms with Crippen LogP contribution in [0.15, 0.2) is 35.1 Å². The molecule has 1 aromatic heterocycles. The van der Waals surface area contributed by atoms with Crippen LogP contribution >= 0.6 is 0 Å². The molecule has 6 nitrogen and oxygen atoms in total. The average Bonchev–Trinajstić information content (AvgIpc) is 2.78. The molecule has 2 N–H and O–H groups in total. The molecule has 0 unspecified atom stereocenters. The van der Waals surface area contributed by atoms with Gasteiger partial charge in [0.15, 0.2) is 5.69 Å². The smallest absolute Gasteiger partial charge is 0.355 e. The second kappa shape index (κ2) is 7.28. The van der Waals surface area contributed by atoms with Crippen LogP contribution in [-0.2, 0) is 17.5 Å². The standard InChI is InChI=1S/C17H17F3N4O2/c18-17(19,20)13-9-15(26)23-16(22-13)12-3-1-2-11(8-12)10-24-6-4-14(25)21-5-7-24/h1-3,8-9H,4-7,10H2,(H,21,25)(H,22,23,26). The monoisotopic (exact) mass is 366 g/mol. The van der Waals surface area contributed by atoms with Crippen molar-refractivity contribution >= 4 is 5.91 Å². The fourth-order valence-electron chi connectivity index (χ4n) is 2.79. The highest BCUT2D eigenvalue weighted by molar-refractivity contribution is 5.76. The van der Waals surface area contributed by atoms with Gasteiger partial charge in [-0.15, -0.1) is 0 Å². The van der Waals surface area contributed by atoms with Gasteiger partial charge in [-0.05, 0) is 11.6 Å². The first kappa shape index (κ1) is 18.1. The molecule has 1 saturated heterocycles. The molecule has 0 aliphatic carbocycles. The van der Waals surface area contributed by atoms with Crippen LogP contribution in [0.4, 0.5) is 13.2 Å². The SMILES string of the molecule is O=C1CCN(Cc2cccc(-c3nc(C(F)(F)F)cc(=O)[nH]3)c2)CCN1. The maximum Gasteiger partial charge on any atom is 0.433 e. The molecule has 1 aliphatic heterocycles. The Morgan fingerprint density at radius 2 is 1.96 bits per heavy atom. The van der Waals surface area contributed by atoms with Gasteiger partial charge < -0.3 is 10.3 Å². The van der Waals surface area contributed by atoms with Gasteiger partial charge >= 0.3 is 6.18 Å². The van der Waals surface area contributed by atoms with E-state index in [9.17, 15) is 22.8 Å². The minimum Gasteiger partial charge on any atom is -0.355 e. The number of hydrogen-bond acceptors (Lipinski definition) is 4. The molecule has 0 spiro atoms. The Hall–Kier alpha value is -2.68. The average molecular weight is 366 g/mol. The second-order valence-corrected chi connectivity index (χ2v) is 6.05. The van der Waals surface area contributed by atoms with Crippen molar-refractivity contribution in [1.82, 2.24) is 20.2 Å². The van der Waals surface area contributed by atoms with Crippen LogP contribution in [0.1, 0.15) is 17.7 Å². The molecular weight excluding hydrogens is 349 g/mol. The van der Waals surface area contributed by atoms with E-state index in [0.29, 0.717) is 44.2 Å². The van der Waals surface area contributed by atoms with Crippen molar-refractivity contribution in [3.05, 3.63) is 51.9 Å². The molecular formula is C17H17F3N4O2. The minimum atomic E-state index is -4.69. The molecule has 0 radical (unpaired) electrons. The van der Waals surface area contributed by atoms with Crippen LogP contribution in [0.3, 0.4) is 0 Å². The molecule has 2 heterocycles. The van der Waals surface area contributed by atoms with Gasteiger partial charge in [0.05, 0.1) is 0 Å². The van der Waals surface area contributed by atoms with Gasteiger partial charge in [0.2, 0.25) is 5.91 Å². The number of aromatic amines is 1. The number of H-pyrrole nitrogens is 1. The van der Waals surface area contributed by atoms with Gasteiger partial charge in [0.1, 0.15) is 5.82 Å². The highest BCUT2D eigenvalue weighted by Crippen LogP contribution is 2.28. The van der Waals surface area contributed by atoms with Crippen LogP contribution in [0.2, 0.25) is 0 Å². The normalized spacial score (nSPS) is 16.2. The number of nitrogens with zero attached hydrogens (tertiary/aromatic N) is 2. The Morgan fingerprint density at radius 3 is 2.73 bits per heavy atom. The number of rotatable bonds is 3. The van der Waals surface area contributed by atoms with Crippen molar-refractivity contribution in [2.75, 3.05) is 19.6 Å². The fourth-order valence-corrected chi connectivity index (χ4v) is 2.79. The first-order chi connectivity index (χ1) is 12.3. The van der Waals surface area contributed by atoms with E-state index in [0.717, 1.165) is 5.56 Å². The highest BCUT2D eigenvalue weighted by Gasteiger charge is 2.33. The third-order valence-corrected chi connectivity index (χ3v) is 4.04. The number of alkyl halides is 3. The third kappa shape index (κ3) is 4.48. The van der Waals surface area contributed by atoms with Crippen LogP contribution in [0, 0.1) is 0 Å². The summed E-state index contributed by atoms with van der Waals surface area (Å²) in [6.45, 7) is 2.40. The summed E-state index contributed by atoms with van der Waals surface area (Å²) in [5.74, 6) is -0.119. The lowest BCUT2D eigenvalue weighted by atomic mass is 10.1. The summed E-state index contributed by atoms with van der Waals surface area (Å²) in [4.78, 5) is 30.9. The number of nitrogens with one attached hydrogen (secondary N) is 2. The van der Waals surface area contributed by atoms with Crippen molar-refractivity contribution in [1.29, 1.82) is 0 Å². The number of amides is 1. The van der Waals surface area contributed by atoms with Gasteiger partial charge in [0, 0.05) is 44.2 Å². The number of benzene rings is 1. The molecule has 26 heavy (non-hydrogen) atoms. The molecule has 1 fully saturated rings. The zero-order valence-corrected chi connectivity index (χ0v) is 13.8. The number of aromatic nitrogens is 2. The molecule has 9 heteroatoms. The molecule has 0 atom stereocenters. The highest BCUT2D eigenvalue weighted by atomic mass is 19.4. The van der Waals surface area contributed by atoms with E-state index in [1.54, 1.807) is 18.2 Å². The zero-order chi connectivity index (χ0) is 18.7. The molecule has 3 rings (SSSR count). The largest absolute Gasteiger partial charge is 0.433 e. The quantitative estimate of drug-likeness (QED) is 0.868. The Morgan fingerprint density at radius 1 is 1.15 bits per heavy atom. The maximum atomic E-state index is 12.9. The summed E-state index contributed by atoms with van der Waals surface area (Å²) in [6.07, 6.45) is -4.28. The first-order valence-electron chi connectivity index (χ1n) is 8.08. The lowest BCUT2D eigenvalue weighted by Gasteiger charge is -2.19. The molecule has 138 valence electrons. The first-order valence-corrected chi connectivity index (χ1v) is 8.08. The van der Waals surface area contributed by atoms with Gasteiger partial charge in [0.25, 0.3) is 5.56 Å². The van der Waals surface area contributed by atoms with Crippen LogP contribution < -0.4 is 10.9 Å². The Labute approximate surface area is 147 Å². The summed E-state index contributed by atoms with van der Waals surface area (Å²) in [5.41, 5.74) is -0.824. The second-order valence-electron chi connectivity index (χ2n) is 6.05. The van der Waals surface area contributed by atoms with E-state index < -0.39 is 17.4 Å². The summed E-state index contributed by atoms with van der Waals surface area (Å²) in [6, 6.07) is 7.27. The van der Waals surface area contributed by atoms with E-state index in [2.05, 4.69) is 20.2 Å². The van der Waals surface area contributed by atoms with E-state index in [4.69, 9.17) is 0 Å². The van der Waals surface area contributed by atoms with E-state index in [1.807, 2.05) is 6.07 Å². The van der Waals surface area contributed by atoms with Gasteiger partial charge in [-0.3, -0.25) is 14.5 Å². The maximum absolute atomic E-state index is 12.9. The van der Waals surface area contributed by atoms with Crippen LogP contribution in [0.5, 0.6) is 0 Å². The van der Waals surface area contributed by atoms with Crippen molar-refractivity contribution in [2.24, 2.45) is 0 Å². The number of carbonyl (C=O) groups is 1. The van der Waals surface area contributed by atoms with Crippen molar-refractivity contribution in [3.8, 4) is 11.4 Å². The summed E-state index contributed by atoms with van der Waals surface area (Å²) in [5, 5.41) is 2.79. The van der Waals surface area contributed by atoms with Gasteiger partial charge in [-0.2, -0.15) is 13.2 Å². The molecule has 0 saturated carbocycles. The minimum absolute atomic E-state index is 0.00647. The molecule has 0 bridgehead atoms. The summed E-state index contributed by atoms with van der Waals surface area (Å²) in [7, 11) is 0. The lowest BCUT2D eigenvalue weighted by molar-refractivity contribution is -0.141. The third-order valence-electron chi connectivity index (χ3n) is 4.04. The summed E-state index contributed by atoms with van der Waals surface area (Å²) >= 11 is 0. The van der Waals surface area contributed by atoms with Crippen LogP contribution in [-0.4, -0.2) is 40.4 Å². The van der Waals surface area contributed by atoms with Gasteiger partial charge in [-0.25, -0.2) is 4.98 Å². The molecule has 1 aromatic carbocycles. The molecule has 1 amide bonds. The van der Waals surface area contributed by atoms with Crippen molar-refractivity contribution < 1.29 is 18.0 Å². The Bertz CT molecular complexity index is 864. The number of hydrogen-bond donors (Lipinski definition) is 2. The predicted octanol–water partition coefficient (Wildman–Crippen LogP) is 1.78. The molecule has 1 aliphatic rings. The Balaban J connectivity index is 1.84. The Kier molecular flexibility index (Phi) is 5.08. The van der Waals surface area contributed by atoms with Gasteiger partial charge in [-0.1, -0.05) is 18.2 Å². The van der Waals surface area contributed by atoms with E-state index in [-0.39, 0.29) is 11.7 Å². The summed E-state index contributed by atoms with van der Waals surface area (Å²) < 4.78 is 38.6. The number of carbonyl (C=O) groups excluding carboxylic acids is 1. The van der Waals surface area contributed by atoms with E-state index >= 15 is 0 Å². The predicted molar refractivity (Wildman–Crippen MR) is 88.2 cm³/mol. The van der Waals surface area contributed by atoms with Crippen LogP contribution in [0.25, 0.3) is 11.4 Å². The van der Waals surface area contributed by atoms with E-state index in [1.165, 1.54) is 0 Å². The van der Waals surface area contributed by atoms with Crippen molar-refractivity contribution in [2.45, 2.75) is 19.1 Å². The van der Waals surface area contributed by atoms with Crippen molar-refractivity contribution in [3.63, 3.8) is 0 Å². The fraction of sp³-hybridized carbons (Fsp3) is 0.353.